The second-order valence-electron chi connectivity index (χ2n) is 9.02. The first-order valence-electron chi connectivity index (χ1n) is 12.2. The maximum absolute atomic E-state index is 13.2. The van der Waals surface area contributed by atoms with Crippen LogP contribution in [0.25, 0.3) is 11.1 Å². The Labute approximate surface area is 206 Å². The quantitative estimate of drug-likeness (QED) is 0.379. The summed E-state index contributed by atoms with van der Waals surface area (Å²) in [5.74, 6) is -0.528. The van der Waals surface area contributed by atoms with Crippen molar-refractivity contribution in [1.29, 1.82) is 0 Å². The molecule has 0 spiro atoms. The van der Waals surface area contributed by atoms with E-state index in [1.165, 1.54) is 12.1 Å². The molecule has 1 saturated carbocycles. The van der Waals surface area contributed by atoms with Gasteiger partial charge in [-0.25, -0.2) is 0 Å². The van der Waals surface area contributed by atoms with Crippen LogP contribution < -0.4 is 5.32 Å². The van der Waals surface area contributed by atoms with Gasteiger partial charge in [-0.1, -0.05) is 31.2 Å². The first kappa shape index (κ1) is 24.3. The number of phenolic OH excluding ortho intramolecular Hbond substituents is 2. The van der Waals surface area contributed by atoms with Crippen LogP contribution in [-0.2, 0) is 16.6 Å². The van der Waals surface area contributed by atoms with Crippen molar-refractivity contribution in [3.8, 4) is 22.6 Å². The van der Waals surface area contributed by atoms with Gasteiger partial charge >= 0.3 is 0 Å². The van der Waals surface area contributed by atoms with Gasteiger partial charge in [0.25, 0.3) is 5.91 Å². The SMILES string of the molecule is CCc1ccc(NC(=O)C2(c3ccc(O)c(O)c3)CC2)cc1-c1ccc(C(=O)N(CC)CC)cc1. The Balaban J connectivity index is 1.58. The number of nitrogens with zero attached hydrogens (tertiary/aromatic N) is 1. The fourth-order valence-corrected chi connectivity index (χ4v) is 4.56. The maximum atomic E-state index is 13.2. The van der Waals surface area contributed by atoms with E-state index in [0.717, 1.165) is 23.1 Å². The van der Waals surface area contributed by atoms with Crippen LogP contribution in [0.2, 0.25) is 0 Å². The van der Waals surface area contributed by atoms with Gasteiger partial charge in [0.1, 0.15) is 0 Å². The zero-order valence-corrected chi connectivity index (χ0v) is 20.5. The second-order valence-corrected chi connectivity index (χ2v) is 9.02. The smallest absolute Gasteiger partial charge is 0.253 e. The van der Waals surface area contributed by atoms with Gasteiger partial charge in [0.15, 0.2) is 11.5 Å². The molecule has 4 rings (SSSR count). The van der Waals surface area contributed by atoms with E-state index < -0.39 is 5.41 Å². The number of anilines is 1. The molecule has 0 bridgehead atoms. The fraction of sp³-hybridized carbons (Fsp3) is 0.310. The van der Waals surface area contributed by atoms with Crippen molar-refractivity contribution in [2.45, 2.75) is 45.4 Å². The van der Waals surface area contributed by atoms with Crippen LogP contribution >= 0.6 is 0 Å². The summed E-state index contributed by atoms with van der Waals surface area (Å²) in [7, 11) is 0. The number of hydrogen-bond donors (Lipinski definition) is 3. The van der Waals surface area contributed by atoms with Gasteiger partial charge in [-0.15, -0.1) is 0 Å². The van der Waals surface area contributed by atoms with E-state index >= 15 is 0 Å². The number of carbonyl (C=O) groups excluding carboxylic acids is 2. The summed E-state index contributed by atoms with van der Waals surface area (Å²) in [4.78, 5) is 27.7. The normalized spacial score (nSPS) is 13.8. The van der Waals surface area contributed by atoms with Gasteiger partial charge in [-0.05, 0) is 91.8 Å². The molecule has 6 heteroatoms. The molecule has 0 aromatic heterocycles. The van der Waals surface area contributed by atoms with E-state index in [-0.39, 0.29) is 23.3 Å². The zero-order chi connectivity index (χ0) is 25.2. The van der Waals surface area contributed by atoms with E-state index in [4.69, 9.17) is 0 Å². The van der Waals surface area contributed by atoms with Crippen molar-refractivity contribution >= 4 is 17.5 Å². The van der Waals surface area contributed by atoms with Crippen LogP contribution in [0.4, 0.5) is 5.69 Å². The van der Waals surface area contributed by atoms with Crippen LogP contribution in [0.5, 0.6) is 11.5 Å². The number of aromatic hydroxyl groups is 2. The minimum Gasteiger partial charge on any atom is -0.504 e. The topological polar surface area (TPSA) is 89.9 Å². The Hall–Kier alpha value is -3.80. The van der Waals surface area contributed by atoms with E-state index in [9.17, 15) is 19.8 Å². The Morgan fingerprint density at radius 2 is 1.57 bits per heavy atom. The summed E-state index contributed by atoms with van der Waals surface area (Å²) in [5, 5.41) is 22.6. The van der Waals surface area contributed by atoms with Crippen molar-refractivity contribution in [1.82, 2.24) is 4.90 Å². The van der Waals surface area contributed by atoms with Gasteiger partial charge in [0, 0.05) is 24.3 Å². The predicted octanol–water partition coefficient (Wildman–Crippen LogP) is 5.48. The number of amides is 2. The third-order valence-corrected chi connectivity index (χ3v) is 6.95. The molecule has 1 fully saturated rings. The molecule has 35 heavy (non-hydrogen) atoms. The van der Waals surface area contributed by atoms with Gasteiger partial charge < -0.3 is 20.4 Å². The molecule has 0 unspecified atom stereocenters. The second kappa shape index (κ2) is 9.82. The van der Waals surface area contributed by atoms with Gasteiger partial charge in [0.2, 0.25) is 5.91 Å². The first-order valence-corrected chi connectivity index (χ1v) is 12.2. The number of phenols is 2. The molecule has 1 aliphatic rings. The summed E-state index contributed by atoms with van der Waals surface area (Å²) < 4.78 is 0. The molecule has 2 amide bonds. The lowest BCUT2D eigenvalue weighted by Crippen LogP contribution is -2.30. The molecule has 3 N–H and O–H groups in total. The highest BCUT2D eigenvalue weighted by Gasteiger charge is 2.51. The molecule has 182 valence electrons. The van der Waals surface area contributed by atoms with Crippen LogP contribution in [0.15, 0.2) is 60.7 Å². The van der Waals surface area contributed by atoms with Crippen molar-refractivity contribution in [2.75, 3.05) is 18.4 Å². The monoisotopic (exact) mass is 472 g/mol. The summed E-state index contributed by atoms with van der Waals surface area (Å²) >= 11 is 0. The van der Waals surface area contributed by atoms with E-state index in [0.29, 0.717) is 42.7 Å². The third kappa shape index (κ3) is 4.74. The van der Waals surface area contributed by atoms with Gasteiger partial charge in [0.05, 0.1) is 5.41 Å². The molecule has 0 heterocycles. The molecule has 1 aliphatic carbocycles. The van der Waals surface area contributed by atoms with Crippen LogP contribution in [0.3, 0.4) is 0 Å². The summed E-state index contributed by atoms with van der Waals surface area (Å²) in [6, 6.07) is 18.1. The molecular formula is C29H32N2O4. The summed E-state index contributed by atoms with van der Waals surface area (Å²) in [6.07, 6.45) is 2.20. The predicted molar refractivity (Wildman–Crippen MR) is 138 cm³/mol. The molecular weight excluding hydrogens is 440 g/mol. The van der Waals surface area contributed by atoms with Crippen molar-refractivity contribution in [3.05, 3.63) is 77.4 Å². The zero-order valence-electron chi connectivity index (χ0n) is 20.5. The third-order valence-electron chi connectivity index (χ3n) is 6.95. The van der Waals surface area contributed by atoms with Crippen LogP contribution in [0, 0.1) is 0 Å². The first-order chi connectivity index (χ1) is 16.8. The largest absolute Gasteiger partial charge is 0.504 e. The van der Waals surface area contributed by atoms with Crippen LogP contribution in [-0.4, -0.2) is 40.0 Å². The number of carbonyl (C=O) groups is 2. The van der Waals surface area contributed by atoms with Crippen molar-refractivity contribution in [3.63, 3.8) is 0 Å². The lowest BCUT2D eigenvalue weighted by molar-refractivity contribution is -0.118. The minimum absolute atomic E-state index is 0.0216. The lowest BCUT2D eigenvalue weighted by Gasteiger charge is -2.19. The van der Waals surface area contributed by atoms with Crippen molar-refractivity contribution in [2.24, 2.45) is 0 Å². The van der Waals surface area contributed by atoms with E-state index in [1.54, 1.807) is 11.0 Å². The highest BCUT2D eigenvalue weighted by Crippen LogP contribution is 2.50. The van der Waals surface area contributed by atoms with Gasteiger partial charge in [-0.3, -0.25) is 9.59 Å². The summed E-state index contributed by atoms with van der Waals surface area (Å²) in [6.45, 7) is 7.37. The Bertz CT molecular complexity index is 1240. The molecule has 0 saturated heterocycles. The van der Waals surface area contributed by atoms with Crippen molar-refractivity contribution < 1.29 is 19.8 Å². The number of benzene rings is 3. The summed E-state index contributed by atoms with van der Waals surface area (Å²) in [5.41, 5.74) is 4.51. The number of aryl methyl sites for hydroxylation is 1. The molecule has 0 radical (unpaired) electrons. The molecule has 6 nitrogen and oxygen atoms in total. The Morgan fingerprint density at radius 1 is 0.886 bits per heavy atom. The Morgan fingerprint density at radius 3 is 2.14 bits per heavy atom. The van der Waals surface area contributed by atoms with Gasteiger partial charge in [-0.2, -0.15) is 0 Å². The number of hydrogen-bond acceptors (Lipinski definition) is 4. The minimum atomic E-state index is -0.693. The standard InChI is InChI=1S/C29H32N2O4/c1-4-19-11-13-23(30-28(35)29(15-16-29)22-12-14-25(32)26(33)17-22)18-24(19)20-7-9-21(10-8-20)27(34)31(5-2)6-3/h7-14,17-18,32-33H,4-6,15-16H2,1-3H3,(H,30,35). The fourth-order valence-electron chi connectivity index (χ4n) is 4.56. The van der Waals surface area contributed by atoms with E-state index in [1.807, 2.05) is 56.3 Å². The highest BCUT2D eigenvalue weighted by atomic mass is 16.3. The van der Waals surface area contributed by atoms with E-state index in [2.05, 4.69) is 12.2 Å². The highest BCUT2D eigenvalue weighted by molar-refractivity contribution is 6.02. The molecule has 0 atom stereocenters. The lowest BCUT2D eigenvalue weighted by atomic mass is 9.93. The average Bonchev–Trinajstić information content (AvgIpc) is 3.69. The molecule has 3 aromatic carbocycles. The number of nitrogens with one attached hydrogen (secondary N) is 1. The maximum Gasteiger partial charge on any atom is 0.253 e. The Kier molecular flexibility index (Phi) is 6.83. The molecule has 0 aliphatic heterocycles. The number of rotatable bonds is 8. The molecule has 3 aromatic rings. The van der Waals surface area contributed by atoms with Crippen LogP contribution in [0.1, 0.15) is 55.1 Å². The average molecular weight is 473 g/mol.